The number of amides is 1. The molecular formula is C15H16N2O2. The van der Waals surface area contributed by atoms with Gasteiger partial charge in [0, 0.05) is 13.0 Å². The van der Waals surface area contributed by atoms with Crippen LogP contribution in [0.15, 0.2) is 42.5 Å². The first-order chi connectivity index (χ1) is 9.08. The van der Waals surface area contributed by atoms with Gasteiger partial charge in [-0.3, -0.25) is 4.79 Å². The molecule has 1 amide bonds. The van der Waals surface area contributed by atoms with Crippen molar-refractivity contribution in [1.82, 2.24) is 5.32 Å². The molecule has 0 unspecified atom stereocenters. The van der Waals surface area contributed by atoms with E-state index in [9.17, 15) is 9.90 Å². The maximum atomic E-state index is 11.2. The quantitative estimate of drug-likeness (QED) is 0.746. The van der Waals surface area contributed by atoms with E-state index >= 15 is 0 Å². The first kappa shape index (κ1) is 12.1. The van der Waals surface area contributed by atoms with Gasteiger partial charge in [-0.05, 0) is 22.4 Å². The molecule has 4 heteroatoms. The predicted octanol–water partition coefficient (Wildman–Crippen LogP) is 0.875. The van der Waals surface area contributed by atoms with E-state index in [0.29, 0.717) is 13.0 Å². The third-order valence-corrected chi connectivity index (χ3v) is 3.81. The summed E-state index contributed by atoms with van der Waals surface area (Å²) >= 11 is 0. The highest BCUT2D eigenvalue weighted by atomic mass is 16.3. The Bertz CT molecular complexity index is 641. The summed E-state index contributed by atoms with van der Waals surface area (Å²) < 4.78 is 0. The Labute approximate surface area is 111 Å². The van der Waals surface area contributed by atoms with Crippen LogP contribution in [0.2, 0.25) is 0 Å². The van der Waals surface area contributed by atoms with Crippen LogP contribution in [-0.4, -0.2) is 23.6 Å². The van der Waals surface area contributed by atoms with E-state index in [1.54, 1.807) is 0 Å². The Morgan fingerprint density at radius 1 is 1.26 bits per heavy atom. The second-order valence-electron chi connectivity index (χ2n) is 5.13. The van der Waals surface area contributed by atoms with Crippen LogP contribution in [0, 0.1) is 0 Å². The number of β-amino-alcohol motifs (C(OH)–C–C–N with tert-alkyl or cyclic N) is 1. The molecular weight excluding hydrogens is 240 g/mol. The number of nitrogens with one attached hydrogen (secondary N) is 1. The summed E-state index contributed by atoms with van der Waals surface area (Å²) in [5.74, 6) is -0.420. The van der Waals surface area contributed by atoms with E-state index in [1.807, 2.05) is 42.5 Å². The number of benzene rings is 2. The fourth-order valence-corrected chi connectivity index (χ4v) is 2.67. The van der Waals surface area contributed by atoms with E-state index in [4.69, 9.17) is 5.73 Å². The standard InChI is InChI=1S/C15H16N2O2/c16-14(18)13-8-15(19,9-17-13)12-6-5-10-3-1-2-4-11(10)7-12/h1-7,13,17,19H,8-9H2,(H2,16,18)/t13-,15-/m0/s1. The average molecular weight is 256 g/mol. The third-order valence-electron chi connectivity index (χ3n) is 3.81. The van der Waals surface area contributed by atoms with Gasteiger partial charge in [0.15, 0.2) is 0 Å². The lowest BCUT2D eigenvalue weighted by Gasteiger charge is -2.22. The molecule has 0 bridgehead atoms. The minimum absolute atomic E-state index is 0.320. The number of fused-ring (bicyclic) bond motifs is 1. The Balaban J connectivity index is 1.98. The molecule has 1 saturated heterocycles. The minimum atomic E-state index is -1.02. The van der Waals surface area contributed by atoms with Crippen LogP contribution in [0.3, 0.4) is 0 Å². The van der Waals surface area contributed by atoms with Crippen molar-refractivity contribution in [2.75, 3.05) is 6.54 Å². The lowest BCUT2D eigenvalue weighted by molar-refractivity contribution is -0.120. The molecule has 19 heavy (non-hydrogen) atoms. The summed E-state index contributed by atoms with van der Waals surface area (Å²) in [6.45, 7) is 0.346. The van der Waals surface area contributed by atoms with Gasteiger partial charge in [-0.1, -0.05) is 36.4 Å². The molecule has 2 aromatic rings. The molecule has 0 aromatic heterocycles. The molecule has 1 aliphatic heterocycles. The fourth-order valence-electron chi connectivity index (χ4n) is 2.67. The van der Waals surface area contributed by atoms with Crippen LogP contribution < -0.4 is 11.1 Å². The molecule has 0 radical (unpaired) electrons. The largest absolute Gasteiger partial charge is 0.384 e. The van der Waals surface area contributed by atoms with Gasteiger partial charge in [-0.25, -0.2) is 0 Å². The molecule has 98 valence electrons. The molecule has 2 aromatic carbocycles. The monoisotopic (exact) mass is 256 g/mol. The third kappa shape index (κ3) is 2.09. The topological polar surface area (TPSA) is 75.4 Å². The Morgan fingerprint density at radius 2 is 2.00 bits per heavy atom. The lowest BCUT2D eigenvalue weighted by atomic mass is 9.89. The van der Waals surface area contributed by atoms with Gasteiger partial charge in [0.1, 0.15) is 5.60 Å². The number of hydrogen-bond acceptors (Lipinski definition) is 3. The average Bonchev–Trinajstić information content (AvgIpc) is 2.82. The summed E-state index contributed by atoms with van der Waals surface area (Å²) in [6, 6.07) is 13.4. The highest BCUT2D eigenvalue weighted by Crippen LogP contribution is 2.32. The van der Waals surface area contributed by atoms with Crippen LogP contribution >= 0.6 is 0 Å². The second kappa shape index (κ2) is 4.33. The van der Waals surface area contributed by atoms with Crippen molar-refractivity contribution >= 4 is 16.7 Å². The number of rotatable bonds is 2. The van der Waals surface area contributed by atoms with Gasteiger partial charge < -0.3 is 16.2 Å². The molecule has 0 aliphatic carbocycles. The zero-order valence-electron chi connectivity index (χ0n) is 10.5. The summed E-state index contributed by atoms with van der Waals surface area (Å²) in [7, 11) is 0. The summed E-state index contributed by atoms with van der Waals surface area (Å²) in [4.78, 5) is 11.2. The summed E-state index contributed by atoms with van der Waals surface area (Å²) in [6.07, 6.45) is 0.320. The van der Waals surface area contributed by atoms with Crippen LogP contribution in [0.25, 0.3) is 10.8 Å². The van der Waals surface area contributed by atoms with Crippen molar-refractivity contribution < 1.29 is 9.90 Å². The molecule has 4 nitrogen and oxygen atoms in total. The van der Waals surface area contributed by atoms with Gasteiger partial charge in [0.05, 0.1) is 6.04 Å². The highest BCUT2D eigenvalue weighted by molar-refractivity contribution is 5.83. The number of carbonyl (C=O) groups is 1. The first-order valence-electron chi connectivity index (χ1n) is 6.33. The molecule has 4 N–H and O–H groups in total. The molecule has 0 saturated carbocycles. The maximum absolute atomic E-state index is 11.2. The van der Waals surface area contributed by atoms with Gasteiger partial charge in [-0.15, -0.1) is 0 Å². The SMILES string of the molecule is NC(=O)[C@@H]1C[C@@](O)(c2ccc3ccccc3c2)CN1. The summed E-state index contributed by atoms with van der Waals surface area (Å²) in [5.41, 5.74) is 5.07. The van der Waals surface area contributed by atoms with E-state index in [2.05, 4.69) is 5.32 Å². The van der Waals surface area contributed by atoms with Crippen LogP contribution in [-0.2, 0) is 10.4 Å². The van der Waals surface area contributed by atoms with Crippen molar-refractivity contribution in [2.45, 2.75) is 18.1 Å². The normalized spacial score (nSPS) is 26.7. The smallest absolute Gasteiger partial charge is 0.234 e. The van der Waals surface area contributed by atoms with E-state index < -0.39 is 17.6 Å². The first-order valence-corrected chi connectivity index (χ1v) is 6.33. The van der Waals surface area contributed by atoms with Crippen molar-refractivity contribution in [3.63, 3.8) is 0 Å². The van der Waals surface area contributed by atoms with E-state index in [1.165, 1.54) is 0 Å². The lowest BCUT2D eigenvalue weighted by Crippen LogP contribution is -2.36. The van der Waals surface area contributed by atoms with E-state index in [-0.39, 0.29) is 0 Å². The van der Waals surface area contributed by atoms with Gasteiger partial charge in [0.25, 0.3) is 0 Å². The number of nitrogens with two attached hydrogens (primary N) is 1. The van der Waals surface area contributed by atoms with Gasteiger partial charge in [0.2, 0.25) is 5.91 Å². The highest BCUT2D eigenvalue weighted by Gasteiger charge is 2.40. The molecule has 1 aliphatic rings. The minimum Gasteiger partial charge on any atom is -0.384 e. The summed E-state index contributed by atoms with van der Waals surface area (Å²) in [5, 5.41) is 15.9. The zero-order chi connectivity index (χ0) is 13.5. The Morgan fingerprint density at radius 3 is 2.68 bits per heavy atom. The van der Waals surface area contributed by atoms with Crippen molar-refractivity contribution in [1.29, 1.82) is 0 Å². The number of primary amides is 1. The molecule has 2 atom stereocenters. The number of aliphatic hydroxyl groups is 1. The molecule has 1 fully saturated rings. The molecule has 1 heterocycles. The predicted molar refractivity (Wildman–Crippen MR) is 73.4 cm³/mol. The zero-order valence-corrected chi connectivity index (χ0v) is 10.5. The number of hydrogen-bond donors (Lipinski definition) is 3. The van der Waals surface area contributed by atoms with E-state index in [0.717, 1.165) is 16.3 Å². The van der Waals surface area contributed by atoms with Crippen molar-refractivity contribution in [2.24, 2.45) is 5.73 Å². The fraction of sp³-hybridized carbons (Fsp3) is 0.267. The van der Waals surface area contributed by atoms with Crippen molar-refractivity contribution in [3.8, 4) is 0 Å². The number of carbonyl (C=O) groups excluding carboxylic acids is 1. The molecule has 3 rings (SSSR count). The van der Waals surface area contributed by atoms with Gasteiger partial charge >= 0.3 is 0 Å². The van der Waals surface area contributed by atoms with Crippen LogP contribution in [0.1, 0.15) is 12.0 Å². The Kier molecular flexibility index (Phi) is 2.77. The van der Waals surface area contributed by atoms with Crippen LogP contribution in [0.5, 0.6) is 0 Å². The van der Waals surface area contributed by atoms with Gasteiger partial charge in [-0.2, -0.15) is 0 Å². The maximum Gasteiger partial charge on any atom is 0.234 e. The Hall–Kier alpha value is -1.91. The van der Waals surface area contributed by atoms with Crippen LogP contribution in [0.4, 0.5) is 0 Å². The second-order valence-corrected chi connectivity index (χ2v) is 5.13. The van der Waals surface area contributed by atoms with Crippen molar-refractivity contribution in [3.05, 3.63) is 48.0 Å². The molecule has 0 spiro atoms.